The maximum atomic E-state index is 13.9. The monoisotopic (exact) mass is 571 g/mol. The van der Waals surface area contributed by atoms with Gasteiger partial charge in [0.05, 0.1) is 22.7 Å². The molecule has 0 spiro atoms. The van der Waals surface area contributed by atoms with Crippen molar-refractivity contribution in [3.63, 3.8) is 0 Å². The van der Waals surface area contributed by atoms with Gasteiger partial charge in [0.2, 0.25) is 11.8 Å². The molecule has 3 aromatic rings. The van der Waals surface area contributed by atoms with Gasteiger partial charge in [0.1, 0.15) is 18.3 Å². The molecule has 0 aliphatic heterocycles. The van der Waals surface area contributed by atoms with E-state index in [-0.39, 0.29) is 28.1 Å². The van der Waals surface area contributed by atoms with Crippen molar-refractivity contribution in [2.24, 2.45) is 0 Å². The lowest BCUT2D eigenvalue weighted by Gasteiger charge is -2.32. The molecule has 10 heteroatoms. The largest absolute Gasteiger partial charge is 0.497 e. The molecule has 1 atom stereocenters. The Morgan fingerprint density at radius 2 is 1.69 bits per heavy atom. The number of nitrogens with zero attached hydrogens (tertiary/aromatic N) is 2. The number of hydrogen-bond acceptors (Lipinski definition) is 5. The molecule has 2 amide bonds. The van der Waals surface area contributed by atoms with Crippen molar-refractivity contribution in [2.75, 3.05) is 24.5 Å². The van der Waals surface area contributed by atoms with Crippen molar-refractivity contribution >= 4 is 39.1 Å². The first-order chi connectivity index (χ1) is 18.7. The van der Waals surface area contributed by atoms with Crippen molar-refractivity contribution in [1.29, 1.82) is 0 Å². The summed E-state index contributed by atoms with van der Waals surface area (Å²) in [7, 11) is -2.63. The van der Waals surface area contributed by atoms with E-state index in [1.165, 1.54) is 17.0 Å². The first kappa shape index (κ1) is 30.0. The fraction of sp³-hybridized carbons (Fsp3) is 0.310. The number of halogens is 1. The molecule has 0 aromatic heterocycles. The number of anilines is 1. The predicted molar refractivity (Wildman–Crippen MR) is 153 cm³/mol. The number of amides is 2. The van der Waals surface area contributed by atoms with Gasteiger partial charge >= 0.3 is 0 Å². The van der Waals surface area contributed by atoms with Crippen LogP contribution < -0.4 is 14.4 Å². The molecule has 0 bridgehead atoms. The van der Waals surface area contributed by atoms with Gasteiger partial charge in [-0.05, 0) is 55.3 Å². The summed E-state index contributed by atoms with van der Waals surface area (Å²) in [6, 6.07) is 20.6. The summed E-state index contributed by atoms with van der Waals surface area (Å²) in [4.78, 5) is 28.3. The molecule has 3 aromatic carbocycles. The fourth-order valence-corrected chi connectivity index (χ4v) is 5.72. The Bertz CT molecular complexity index is 1370. The predicted octanol–water partition coefficient (Wildman–Crippen LogP) is 4.88. The number of ether oxygens (including phenoxy) is 1. The summed E-state index contributed by atoms with van der Waals surface area (Å²) in [5.74, 6) is -0.283. The highest BCUT2D eigenvalue weighted by Crippen LogP contribution is 2.30. The Hall–Kier alpha value is -3.56. The first-order valence-electron chi connectivity index (χ1n) is 12.7. The Morgan fingerprint density at radius 3 is 2.36 bits per heavy atom. The molecule has 0 aliphatic rings. The van der Waals surface area contributed by atoms with Crippen molar-refractivity contribution in [3.8, 4) is 5.75 Å². The summed E-state index contributed by atoms with van der Waals surface area (Å²) >= 11 is 6.41. The van der Waals surface area contributed by atoms with Gasteiger partial charge < -0.3 is 15.0 Å². The van der Waals surface area contributed by atoms with Gasteiger partial charge in [0.25, 0.3) is 10.0 Å². The zero-order valence-electron chi connectivity index (χ0n) is 22.3. The lowest BCUT2D eigenvalue weighted by atomic mass is 10.1. The van der Waals surface area contributed by atoms with Crippen LogP contribution in [0.15, 0.2) is 83.8 Å². The van der Waals surface area contributed by atoms with Gasteiger partial charge in [-0.2, -0.15) is 0 Å². The Kier molecular flexibility index (Phi) is 10.8. The van der Waals surface area contributed by atoms with Gasteiger partial charge in [-0.3, -0.25) is 13.9 Å². The van der Waals surface area contributed by atoms with Crippen LogP contribution in [0.2, 0.25) is 5.02 Å². The Labute approximate surface area is 235 Å². The number of para-hydroxylation sites is 1. The molecule has 0 aliphatic carbocycles. The molecular formula is C29H34ClN3O5S. The molecule has 0 fully saturated rings. The molecule has 39 heavy (non-hydrogen) atoms. The number of benzene rings is 3. The van der Waals surface area contributed by atoms with E-state index in [0.717, 1.165) is 22.7 Å². The van der Waals surface area contributed by atoms with Crippen molar-refractivity contribution < 1.29 is 22.7 Å². The van der Waals surface area contributed by atoms with E-state index < -0.39 is 28.5 Å². The van der Waals surface area contributed by atoms with Crippen LogP contribution in [-0.4, -0.2) is 51.4 Å². The summed E-state index contributed by atoms with van der Waals surface area (Å²) in [6.45, 7) is 3.64. The second-order valence-corrected chi connectivity index (χ2v) is 11.2. The lowest BCUT2D eigenvalue weighted by Crippen LogP contribution is -2.51. The van der Waals surface area contributed by atoms with Crippen LogP contribution in [0.3, 0.4) is 0 Å². The third-order valence-electron chi connectivity index (χ3n) is 6.22. The molecule has 208 valence electrons. The van der Waals surface area contributed by atoms with E-state index >= 15 is 0 Å². The maximum Gasteiger partial charge on any atom is 0.264 e. The van der Waals surface area contributed by atoms with Crippen LogP contribution >= 0.6 is 11.6 Å². The molecular weight excluding hydrogens is 538 g/mol. The van der Waals surface area contributed by atoms with E-state index in [2.05, 4.69) is 5.32 Å². The molecule has 8 nitrogen and oxygen atoms in total. The van der Waals surface area contributed by atoms with E-state index in [0.29, 0.717) is 12.3 Å². The summed E-state index contributed by atoms with van der Waals surface area (Å²) in [6.07, 6.45) is 1.71. The van der Waals surface area contributed by atoms with Crippen LogP contribution in [0, 0.1) is 0 Å². The second-order valence-electron chi connectivity index (χ2n) is 8.97. The number of hydrogen-bond donors (Lipinski definition) is 1. The molecule has 0 heterocycles. The standard InChI is InChI=1S/C29H34ClN3O5S/c1-4-5-18-31-29(35)22(2)32(20-23-12-11-13-24(19-23)38-3)28(34)21-33(27-17-10-9-16-26(27)30)39(36,37)25-14-7-6-8-15-25/h6-17,19,22H,4-5,18,20-21H2,1-3H3,(H,31,35)/t22-/m1/s1. The highest BCUT2D eigenvalue weighted by Gasteiger charge is 2.33. The Morgan fingerprint density at radius 1 is 1.00 bits per heavy atom. The Balaban J connectivity index is 2.01. The van der Waals surface area contributed by atoms with Crippen LogP contribution in [0.5, 0.6) is 5.75 Å². The summed E-state index contributed by atoms with van der Waals surface area (Å²) < 4.78 is 33.8. The minimum Gasteiger partial charge on any atom is -0.497 e. The first-order valence-corrected chi connectivity index (χ1v) is 14.5. The summed E-state index contributed by atoms with van der Waals surface area (Å²) in [5.41, 5.74) is 0.892. The van der Waals surface area contributed by atoms with Crippen molar-refractivity contribution in [3.05, 3.63) is 89.4 Å². The molecule has 0 radical (unpaired) electrons. The minimum absolute atomic E-state index is 0.0161. The normalized spacial score (nSPS) is 11.9. The fourth-order valence-electron chi connectivity index (χ4n) is 3.97. The number of unbranched alkanes of at least 4 members (excludes halogenated alkanes) is 1. The maximum absolute atomic E-state index is 13.9. The van der Waals surface area contributed by atoms with Crippen LogP contribution in [0.25, 0.3) is 0 Å². The number of nitrogens with one attached hydrogen (secondary N) is 1. The van der Waals surface area contributed by atoms with Crippen LogP contribution in [0.1, 0.15) is 32.3 Å². The molecule has 0 saturated heterocycles. The van der Waals surface area contributed by atoms with Gasteiger partial charge in [0, 0.05) is 13.1 Å². The van der Waals surface area contributed by atoms with Gasteiger partial charge in [-0.1, -0.05) is 67.4 Å². The van der Waals surface area contributed by atoms with E-state index in [1.54, 1.807) is 74.7 Å². The topological polar surface area (TPSA) is 96.0 Å². The van der Waals surface area contributed by atoms with Gasteiger partial charge in [-0.25, -0.2) is 8.42 Å². The number of rotatable bonds is 13. The third-order valence-corrected chi connectivity index (χ3v) is 8.31. The zero-order chi connectivity index (χ0) is 28.4. The van der Waals surface area contributed by atoms with Crippen molar-refractivity contribution in [1.82, 2.24) is 10.2 Å². The molecule has 3 rings (SSSR count). The highest BCUT2D eigenvalue weighted by molar-refractivity contribution is 7.92. The van der Waals surface area contributed by atoms with E-state index in [4.69, 9.17) is 16.3 Å². The number of carbonyl (C=O) groups excluding carboxylic acids is 2. The smallest absolute Gasteiger partial charge is 0.264 e. The van der Waals surface area contributed by atoms with Gasteiger partial charge in [0.15, 0.2) is 0 Å². The quantitative estimate of drug-likeness (QED) is 0.295. The van der Waals surface area contributed by atoms with E-state index in [9.17, 15) is 18.0 Å². The minimum atomic E-state index is -4.17. The average Bonchev–Trinajstić information content (AvgIpc) is 2.95. The van der Waals surface area contributed by atoms with Gasteiger partial charge in [-0.15, -0.1) is 0 Å². The third kappa shape index (κ3) is 7.74. The lowest BCUT2D eigenvalue weighted by molar-refractivity contribution is -0.139. The number of carbonyl (C=O) groups is 2. The van der Waals surface area contributed by atoms with Crippen LogP contribution in [0.4, 0.5) is 5.69 Å². The number of methoxy groups -OCH3 is 1. The van der Waals surface area contributed by atoms with Crippen molar-refractivity contribution in [2.45, 2.75) is 44.2 Å². The zero-order valence-corrected chi connectivity index (χ0v) is 23.9. The highest BCUT2D eigenvalue weighted by atomic mass is 35.5. The van der Waals surface area contributed by atoms with E-state index in [1.807, 2.05) is 13.0 Å². The molecule has 0 saturated carbocycles. The average molecular weight is 572 g/mol. The summed E-state index contributed by atoms with van der Waals surface area (Å²) in [5, 5.41) is 3.04. The van der Waals surface area contributed by atoms with Crippen LogP contribution in [-0.2, 0) is 26.2 Å². The number of sulfonamides is 1. The molecule has 0 unspecified atom stereocenters. The second kappa shape index (κ2) is 14.0. The SMILES string of the molecule is CCCCNC(=O)[C@@H](C)N(Cc1cccc(OC)c1)C(=O)CN(c1ccccc1Cl)S(=O)(=O)c1ccccc1. The molecule has 1 N–H and O–H groups in total.